The standard InChI is InChI=1S/C8H7ClO3.H3N/c9-8(12,7(10)11)6-4-2-1-3-5-6;/h1-5,12H,(H,10,11);1H3. The van der Waals surface area contributed by atoms with Crippen LogP contribution >= 0.6 is 11.6 Å². The summed E-state index contributed by atoms with van der Waals surface area (Å²) in [5, 5.41) is 17.1. The summed E-state index contributed by atoms with van der Waals surface area (Å²) < 4.78 is 0. The van der Waals surface area contributed by atoms with E-state index in [9.17, 15) is 9.90 Å². The minimum atomic E-state index is -2.43. The minimum Gasteiger partial charge on any atom is -0.545 e. The van der Waals surface area contributed by atoms with E-state index in [1.54, 1.807) is 18.2 Å². The maximum absolute atomic E-state index is 10.3. The summed E-state index contributed by atoms with van der Waals surface area (Å²) in [6.45, 7) is 0. The number of carboxylic acids is 1. The van der Waals surface area contributed by atoms with Gasteiger partial charge in [0.1, 0.15) is 0 Å². The number of carbonyl (C=O) groups excluding carboxylic acids is 1. The first-order valence-corrected chi connectivity index (χ1v) is 3.61. The van der Waals surface area contributed by atoms with Gasteiger partial charge in [-0.15, -0.1) is 0 Å². The van der Waals surface area contributed by atoms with Gasteiger partial charge in [-0.05, 0) is 0 Å². The summed E-state index contributed by atoms with van der Waals surface area (Å²) in [6, 6.07) is 7.65. The van der Waals surface area contributed by atoms with Crippen LogP contribution in [0.25, 0.3) is 0 Å². The monoisotopic (exact) mass is 203 g/mol. The van der Waals surface area contributed by atoms with Crippen molar-refractivity contribution in [1.82, 2.24) is 6.15 Å². The molecule has 0 amide bonds. The molecule has 1 aromatic rings. The second-order valence-corrected chi connectivity index (χ2v) is 2.82. The van der Waals surface area contributed by atoms with Gasteiger partial charge in [0.05, 0.1) is 5.97 Å². The fourth-order valence-corrected chi connectivity index (χ4v) is 0.903. The van der Waals surface area contributed by atoms with E-state index in [0.29, 0.717) is 0 Å². The molecule has 0 heterocycles. The average Bonchev–Trinajstić information content (AvgIpc) is 2.06. The molecule has 1 aromatic carbocycles. The van der Waals surface area contributed by atoms with Gasteiger partial charge in [0.25, 0.3) is 0 Å². The number of hydrogen-bond donors (Lipinski definition) is 2. The molecule has 4 nitrogen and oxygen atoms in total. The van der Waals surface area contributed by atoms with Crippen molar-refractivity contribution < 1.29 is 15.0 Å². The zero-order chi connectivity index (χ0) is 9.19. The van der Waals surface area contributed by atoms with Gasteiger partial charge in [-0.1, -0.05) is 41.9 Å². The highest BCUT2D eigenvalue weighted by molar-refractivity contribution is 6.31. The molecule has 1 unspecified atom stereocenters. The molecule has 0 aliphatic carbocycles. The lowest BCUT2D eigenvalue weighted by Gasteiger charge is -2.21. The Hall–Kier alpha value is -1.10. The van der Waals surface area contributed by atoms with Crippen LogP contribution in [0.1, 0.15) is 5.56 Å². The average molecular weight is 204 g/mol. The molecule has 1 atom stereocenters. The van der Waals surface area contributed by atoms with Gasteiger partial charge in [0, 0.05) is 5.56 Å². The number of carbonyl (C=O) groups is 1. The Balaban J connectivity index is 0.00000144. The molecule has 0 aliphatic rings. The van der Waals surface area contributed by atoms with Gasteiger partial charge in [0.15, 0.2) is 0 Å². The van der Waals surface area contributed by atoms with Crippen molar-refractivity contribution in [2.45, 2.75) is 5.06 Å². The largest absolute Gasteiger partial charge is 0.545 e. The molecule has 0 bridgehead atoms. The molecule has 0 spiro atoms. The number of benzene rings is 1. The molecular weight excluding hydrogens is 194 g/mol. The zero-order valence-corrected chi connectivity index (χ0v) is 7.78. The number of aliphatic carboxylic acids is 1. The SMILES string of the molecule is O=C([O-])C(O)(Cl)c1ccccc1.[NH4+]. The van der Waals surface area contributed by atoms with Crippen LogP contribution in [0, 0.1) is 0 Å². The van der Waals surface area contributed by atoms with Gasteiger partial charge in [-0.2, -0.15) is 0 Å². The molecule has 0 saturated heterocycles. The second-order valence-electron chi connectivity index (χ2n) is 2.28. The minimum absolute atomic E-state index is 0. The van der Waals surface area contributed by atoms with Gasteiger partial charge < -0.3 is 21.2 Å². The summed E-state index contributed by atoms with van der Waals surface area (Å²) in [4.78, 5) is 10.3. The predicted molar refractivity (Wildman–Crippen MR) is 47.2 cm³/mol. The number of carboxylic acid groups (broad SMARTS) is 1. The first kappa shape index (κ1) is 11.9. The Labute approximate surface area is 80.4 Å². The maximum Gasteiger partial charge on any atom is 0.205 e. The fraction of sp³-hybridized carbons (Fsp3) is 0.125. The molecule has 13 heavy (non-hydrogen) atoms. The lowest BCUT2D eigenvalue weighted by atomic mass is 10.1. The number of quaternary nitrogens is 1. The molecular formula is C8H10ClNO3. The van der Waals surface area contributed by atoms with Crippen molar-refractivity contribution in [3.05, 3.63) is 35.9 Å². The summed E-state index contributed by atoms with van der Waals surface area (Å²) >= 11 is 5.29. The quantitative estimate of drug-likeness (QED) is 0.672. The van der Waals surface area contributed by atoms with Crippen molar-refractivity contribution >= 4 is 17.6 Å². The van der Waals surface area contributed by atoms with Crippen LogP contribution in [0.5, 0.6) is 0 Å². The van der Waals surface area contributed by atoms with E-state index in [2.05, 4.69) is 0 Å². The topological polar surface area (TPSA) is 96.9 Å². The highest BCUT2D eigenvalue weighted by atomic mass is 35.5. The number of halogens is 1. The molecule has 0 fully saturated rings. The Morgan fingerprint density at radius 3 is 2.23 bits per heavy atom. The third kappa shape index (κ3) is 2.42. The Morgan fingerprint density at radius 2 is 1.85 bits per heavy atom. The summed E-state index contributed by atoms with van der Waals surface area (Å²) in [5.74, 6) is -1.73. The van der Waals surface area contributed by atoms with E-state index in [-0.39, 0.29) is 11.7 Å². The predicted octanol–water partition coefficient (Wildman–Crippen LogP) is 0.197. The lowest BCUT2D eigenvalue weighted by molar-refractivity contribution is -0.319. The van der Waals surface area contributed by atoms with Gasteiger partial charge in [-0.25, -0.2) is 0 Å². The normalized spacial score (nSPS) is 14.0. The first-order valence-electron chi connectivity index (χ1n) is 3.23. The van der Waals surface area contributed by atoms with E-state index in [4.69, 9.17) is 16.7 Å². The first-order chi connectivity index (χ1) is 5.55. The van der Waals surface area contributed by atoms with Crippen LogP contribution in [0.4, 0.5) is 0 Å². The highest BCUT2D eigenvalue weighted by Crippen LogP contribution is 2.24. The molecule has 0 aliphatic heterocycles. The summed E-state index contributed by atoms with van der Waals surface area (Å²) in [7, 11) is 0. The Morgan fingerprint density at radius 1 is 1.38 bits per heavy atom. The smallest absolute Gasteiger partial charge is 0.205 e. The van der Waals surface area contributed by atoms with Gasteiger partial charge >= 0.3 is 0 Å². The van der Waals surface area contributed by atoms with Crippen LogP contribution < -0.4 is 11.3 Å². The highest BCUT2D eigenvalue weighted by Gasteiger charge is 2.27. The van der Waals surface area contributed by atoms with Crippen molar-refractivity contribution in [2.24, 2.45) is 0 Å². The zero-order valence-electron chi connectivity index (χ0n) is 7.03. The van der Waals surface area contributed by atoms with Gasteiger partial charge in [0.2, 0.25) is 5.06 Å². The van der Waals surface area contributed by atoms with Gasteiger partial charge in [-0.3, -0.25) is 0 Å². The van der Waals surface area contributed by atoms with Crippen LogP contribution in [-0.4, -0.2) is 11.1 Å². The summed E-state index contributed by atoms with van der Waals surface area (Å²) in [5.41, 5.74) is 0.0895. The molecule has 0 saturated carbocycles. The molecule has 5 N–H and O–H groups in total. The van der Waals surface area contributed by atoms with Crippen molar-refractivity contribution in [3.8, 4) is 0 Å². The number of rotatable bonds is 2. The van der Waals surface area contributed by atoms with Crippen LogP contribution in [0.3, 0.4) is 0 Å². The molecule has 5 heteroatoms. The number of aliphatic hydroxyl groups is 1. The van der Waals surface area contributed by atoms with E-state index in [0.717, 1.165) is 0 Å². The van der Waals surface area contributed by atoms with Crippen molar-refractivity contribution in [1.29, 1.82) is 0 Å². The summed E-state index contributed by atoms with van der Waals surface area (Å²) in [6.07, 6.45) is 0. The Bertz CT molecular complexity index is 287. The number of hydrogen-bond acceptors (Lipinski definition) is 3. The van der Waals surface area contributed by atoms with E-state index in [1.165, 1.54) is 12.1 Å². The second kappa shape index (κ2) is 4.23. The third-order valence-electron chi connectivity index (χ3n) is 1.43. The molecule has 0 aromatic heterocycles. The lowest BCUT2D eigenvalue weighted by Crippen LogP contribution is -2.41. The number of alkyl halides is 1. The maximum atomic E-state index is 10.3. The van der Waals surface area contributed by atoms with Crippen molar-refractivity contribution in [3.63, 3.8) is 0 Å². The molecule has 72 valence electrons. The fourth-order valence-electron chi connectivity index (χ4n) is 0.777. The van der Waals surface area contributed by atoms with E-state index in [1.807, 2.05) is 0 Å². The van der Waals surface area contributed by atoms with E-state index < -0.39 is 11.0 Å². The van der Waals surface area contributed by atoms with Crippen LogP contribution in [0.2, 0.25) is 0 Å². The van der Waals surface area contributed by atoms with Crippen LogP contribution in [-0.2, 0) is 9.85 Å². The van der Waals surface area contributed by atoms with Crippen molar-refractivity contribution in [2.75, 3.05) is 0 Å². The van der Waals surface area contributed by atoms with E-state index >= 15 is 0 Å². The van der Waals surface area contributed by atoms with Crippen LogP contribution in [0.15, 0.2) is 30.3 Å². The third-order valence-corrected chi connectivity index (χ3v) is 1.80. The molecule has 1 rings (SSSR count). The Kier molecular flexibility index (Phi) is 3.87. The molecule has 0 radical (unpaired) electrons.